The molecule has 2 aromatic carbocycles. The van der Waals surface area contributed by atoms with Gasteiger partial charge in [0.15, 0.2) is 5.58 Å². The lowest BCUT2D eigenvalue weighted by Gasteiger charge is -2.07. The third-order valence-corrected chi connectivity index (χ3v) is 5.31. The summed E-state index contributed by atoms with van der Waals surface area (Å²) in [5, 5.41) is 0. The first-order valence-electron chi connectivity index (χ1n) is 7.60. The molecule has 0 saturated heterocycles. The number of hydrogen-bond acceptors (Lipinski definition) is 4. The van der Waals surface area contributed by atoms with Crippen LogP contribution in [0.4, 0.5) is 0 Å². The molecule has 7 heteroatoms. The van der Waals surface area contributed by atoms with E-state index in [1.807, 2.05) is 30.3 Å². The number of nitrogens with zero attached hydrogens (tertiary/aromatic N) is 1. The van der Waals surface area contributed by atoms with Crippen LogP contribution in [0.2, 0.25) is 0 Å². The van der Waals surface area contributed by atoms with Gasteiger partial charge >= 0.3 is 5.76 Å². The molecule has 6 nitrogen and oxygen atoms in total. The molecule has 126 valence electrons. The molecule has 1 aromatic heterocycles. The molecule has 0 unspecified atom stereocenters. The van der Waals surface area contributed by atoms with Crippen LogP contribution in [0.1, 0.15) is 12.0 Å². The first-order valence-corrected chi connectivity index (χ1v) is 9.09. The average molecular weight is 346 g/mol. The van der Waals surface area contributed by atoms with Crippen LogP contribution < -0.4 is 10.5 Å². The summed E-state index contributed by atoms with van der Waals surface area (Å²) in [7, 11) is -2.08. The molecule has 0 saturated carbocycles. The highest BCUT2D eigenvalue weighted by molar-refractivity contribution is 7.89. The Hall–Kier alpha value is -2.38. The number of nitrogens with one attached hydrogen (secondary N) is 1. The molecule has 0 bridgehead atoms. The van der Waals surface area contributed by atoms with E-state index < -0.39 is 15.8 Å². The van der Waals surface area contributed by atoms with E-state index in [2.05, 4.69) is 4.72 Å². The predicted molar refractivity (Wildman–Crippen MR) is 91.4 cm³/mol. The molecule has 0 radical (unpaired) electrons. The molecule has 0 fully saturated rings. The Balaban J connectivity index is 1.69. The molecular formula is C17H18N2O4S. The molecular weight excluding hydrogens is 328 g/mol. The van der Waals surface area contributed by atoms with Crippen molar-refractivity contribution in [1.82, 2.24) is 9.29 Å². The van der Waals surface area contributed by atoms with Crippen molar-refractivity contribution in [2.24, 2.45) is 7.05 Å². The lowest BCUT2D eigenvalue weighted by Crippen LogP contribution is -2.25. The minimum atomic E-state index is -3.62. The van der Waals surface area contributed by atoms with E-state index >= 15 is 0 Å². The van der Waals surface area contributed by atoms with E-state index in [0.717, 1.165) is 6.42 Å². The van der Waals surface area contributed by atoms with Crippen molar-refractivity contribution >= 4 is 21.1 Å². The second kappa shape index (κ2) is 6.62. The van der Waals surface area contributed by atoms with Crippen LogP contribution >= 0.6 is 0 Å². The van der Waals surface area contributed by atoms with Gasteiger partial charge in [0, 0.05) is 13.6 Å². The summed E-state index contributed by atoms with van der Waals surface area (Å²) in [5.74, 6) is -0.518. The van der Waals surface area contributed by atoms with Gasteiger partial charge < -0.3 is 4.42 Å². The zero-order valence-corrected chi connectivity index (χ0v) is 14.0. The highest BCUT2D eigenvalue weighted by Gasteiger charge is 2.16. The molecule has 3 rings (SSSR count). The highest BCUT2D eigenvalue weighted by Crippen LogP contribution is 2.17. The smallest absolute Gasteiger partial charge is 0.408 e. The predicted octanol–water partition coefficient (Wildman–Crippen LogP) is 2.04. The van der Waals surface area contributed by atoms with Crippen LogP contribution in [0.5, 0.6) is 0 Å². The van der Waals surface area contributed by atoms with Crippen LogP contribution in [0.15, 0.2) is 62.6 Å². The molecule has 0 atom stereocenters. The van der Waals surface area contributed by atoms with Crippen LogP contribution in [-0.2, 0) is 23.5 Å². The largest absolute Gasteiger partial charge is 0.419 e. The van der Waals surface area contributed by atoms with Gasteiger partial charge in [0.25, 0.3) is 0 Å². The third kappa shape index (κ3) is 3.42. The molecule has 0 aliphatic carbocycles. The zero-order valence-electron chi connectivity index (χ0n) is 13.2. The van der Waals surface area contributed by atoms with E-state index in [1.165, 1.54) is 35.4 Å². The van der Waals surface area contributed by atoms with Crippen molar-refractivity contribution in [3.8, 4) is 0 Å². The number of rotatable bonds is 6. The Labute approximate surface area is 139 Å². The number of sulfonamides is 1. The Kier molecular flexibility index (Phi) is 4.55. The molecule has 1 N–H and O–H groups in total. The number of fused-ring (bicyclic) bond motifs is 1. The van der Waals surface area contributed by atoms with Crippen molar-refractivity contribution in [1.29, 1.82) is 0 Å². The number of oxazole rings is 1. The van der Waals surface area contributed by atoms with Gasteiger partial charge in [0.1, 0.15) is 0 Å². The molecule has 0 spiro atoms. The van der Waals surface area contributed by atoms with Crippen LogP contribution in [-0.4, -0.2) is 19.5 Å². The average Bonchev–Trinajstić information content (AvgIpc) is 2.87. The Bertz CT molecular complexity index is 1000. The minimum Gasteiger partial charge on any atom is -0.408 e. The summed E-state index contributed by atoms with van der Waals surface area (Å²) >= 11 is 0. The Morgan fingerprint density at radius 2 is 1.88 bits per heavy atom. The normalized spacial score (nSPS) is 11.9. The van der Waals surface area contributed by atoms with Gasteiger partial charge in [-0.15, -0.1) is 0 Å². The molecule has 0 aliphatic rings. The fraction of sp³-hybridized carbons (Fsp3) is 0.235. The van der Waals surface area contributed by atoms with Crippen molar-refractivity contribution < 1.29 is 12.8 Å². The number of benzene rings is 2. The monoisotopic (exact) mass is 346 g/mol. The van der Waals surface area contributed by atoms with Gasteiger partial charge in [-0.25, -0.2) is 17.9 Å². The maximum atomic E-state index is 12.4. The van der Waals surface area contributed by atoms with Gasteiger partial charge in [-0.2, -0.15) is 0 Å². The summed E-state index contributed by atoms with van der Waals surface area (Å²) in [6, 6.07) is 14.3. The Morgan fingerprint density at radius 1 is 1.12 bits per heavy atom. The van der Waals surface area contributed by atoms with Gasteiger partial charge in [0.05, 0.1) is 10.4 Å². The Morgan fingerprint density at radius 3 is 2.62 bits per heavy atom. The first kappa shape index (κ1) is 16.5. The van der Waals surface area contributed by atoms with E-state index in [-0.39, 0.29) is 4.90 Å². The first-order chi connectivity index (χ1) is 11.5. The SMILES string of the molecule is Cn1c(=O)oc2ccc(S(=O)(=O)NCCCc3ccccc3)cc21. The maximum Gasteiger partial charge on any atom is 0.419 e. The summed E-state index contributed by atoms with van der Waals surface area (Å²) in [6.07, 6.45) is 1.51. The third-order valence-electron chi connectivity index (χ3n) is 3.85. The fourth-order valence-corrected chi connectivity index (χ4v) is 3.59. The number of hydrogen-bond donors (Lipinski definition) is 1. The van der Waals surface area contributed by atoms with E-state index in [0.29, 0.717) is 24.1 Å². The molecule has 1 heterocycles. The summed E-state index contributed by atoms with van der Waals surface area (Å²) in [5.41, 5.74) is 1.99. The van der Waals surface area contributed by atoms with E-state index in [4.69, 9.17) is 4.42 Å². The highest BCUT2D eigenvalue weighted by atomic mass is 32.2. The van der Waals surface area contributed by atoms with Gasteiger partial charge in [-0.05, 0) is 36.6 Å². The van der Waals surface area contributed by atoms with Gasteiger partial charge in [-0.3, -0.25) is 4.57 Å². The van der Waals surface area contributed by atoms with Crippen molar-refractivity contribution in [2.75, 3.05) is 6.54 Å². The lowest BCUT2D eigenvalue weighted by atomic mass is 10.1. The fourth-order valence-electron chi connectivity index (χ4n) is 2.50. The van der Waals surface area contributed by atoms with Crippen LogP contribution in [0.25, 0.3) is 11.1 Å². The molecule has 3 aromatic rings. The second-order valence-electron chi connectivity index (χ2n) is 5.54. The standard InChI is InChI=1S/C17H18N2O4S/c1-19-15-12-14(9-10-16(15)23-17(19)20)24(21,22)18-11-5-8-13-6-3-2-4-7-13/h2-4,6-7,9-10,12,18H,5,8,11H2,1H3. The second-order valence-corrected chi connectivity index (χ2v) is 7.31. The molecule has 0 amide bonds. The number of aromatic nitrogens is 1. The lowest BCUT2D eigenvalue weighted by molar-refractivity contribution is 0.528. The van der Waals surface area contributed by atoms with Crippen LogP contribution in [0.3, 0.4) is 0 Å². The topological polar surface area (TPSA) is 81.3 Å². The van der Waals surface area contributed by atoms with Gasteiger partial charge in [-0.1, -0.05) is 30.3 Å². The van der Waals surface area contributed by atoms with Crippen molar-refractivity contribution in [2.45, 2.75) is 17.7 Å². The summed E-state index contributed by atoms with van der Waals surface area (Å²) in [6.45, 7) is 0.347. The molecule has 24 heavy (non-hydrogen) atoms. The minimum absolute atomic E-state index is 0.117. The quantitative estimate of drug-likeness (QED) is 0.693. The maximum absolute atomic E-state index is 12.4. The van der Waals surface area contributed by atoms with E-state index in [1.54, 1.807) is 0 Å². The van der Waals surface area contributed by atoms with Crippen molar-refractivity contribution in [3.05, 3.63) is 64.6 Å². The van der Waals surface area contributed by atoms with E-state index in [9.17, 15) is 13.2 Å². The van der Waals surface area contributed by atoms with Crippen molar-refractivity contribution in [3.63, 3.8) is 0 Å². The summed E-state index contributed by atoms with van der Waals surface area (Å²) in [4.78, 5) is 11.6. The van der Waals surface area contributed by atoms with Gasteiger partial charge in [0.2, 0.25) is 10.0 Å². The molecule has 0 aliphatic heterocycles. The van der Waals surface area contributed by atoms with Crippen LogP contribution in [0, 0.1) is 0 Å². The number of aryl methyl sites for hydroxylation is 2. The summed E-state index contributed by atoms with van der Waals surface area (Å²) < 4.78 is 33.6. The zero-order chi connectivity index (χ0) is 17.2.